The Morgan fingerprint density at radius 2 is 1.79 bits per heavy atom. The van der Waals surface area contributed by atoms with Crippen LogP contribution in [0, 0.1) is 0 Å². The molecule has 2 nitrogen and oxygen atoms in total. The number of rotatable bonds is 5. The van der Waals surface area contributed by atoms with Gasteiger partial charge in [-0.1, -0.05) is 30.1 Å². The smallest absolute Gasteiger partial charge is 0.134 e. The number of furan rings is 1. The fraction of sp³-hybridized carbons (Fsp3) is 0.286. The van der Waals surface area contributed by atoms with Crippen molar-refractivity contribution in [2.45, 2.75) is 19.9 Å². The van der Waals surface area contributed by atoms with Crippen LogP contribution in [0.5, 0.6) is 0 Å². The molecule has 2 rings (SSSR count). The van der Waals surface area contributed by atoms with Crippen LogP contribution in [-0.2, 0) is 6.54 Å². The lowest BCUT2D eigenvalue weighted by Gasteiger charge is -2.01. The third kappa shape index (κ3) is 4.73. The van der Waals surface area contributed by atoms with Crippen LogP contribution in [0.2, 0.25) is 10.0 Å². The molecular weight excluding hydrogens is 305 g/mol. The third-order valence-corrected chi connectivity index (χ3v) is 2.97. The van der Waals surface area contributed by atoms with Gasteiger partial charge in [0.05, 0.1) is 6.54 Å². The lowest BCUT2D eigenvalue weighted by Crippen LogP contribution is -2.12. The molecule has 1 aromatic carbocycles. The summed E-state index contributed by atoms with van der Waals surface area (Å²) in [7, 11) is 0. The monoisotopic (exact) mass is 319 g/mol. The van der Waals surface area contributed by atoms with Gasteiger partial charge in [-0.05, 0) is 43.3 Å². The molecule has 5 heteroatoms. The van der Waals surface area contributed by atoms with Gasteiger partial charge in [0, 0.05) is 15.6 Å². The van der Waals surface area contributed by atoms with Crippen LogP contribution in [0.25, 0.3) is 11.3 Å². The molecule has 104 valence electrons. The van der Waals surface area contributed by atoms with Crippen molar-refractivity contribution in [3.05, 3.63) is 46.1 Å². The van der Waals surface area contributed by atoms with Crippen molar-refractivity contribution in [2.24, 2.45) is 0 Å². The molecule has 0 unspecified atom stereocenters. The second kappa shape index (κ2) is 7.81. The van der Waals surface area contributed by atoms with Crippen molar-refractivity contribution < 1.29 is 4.42 Å². The van der Waals surface area contributed by atoms with Crippen LogP contribution in [0.4, 0.5) is 0 Å². The van der Waals surface area contributed by atoms with E-state index in [4.69, 9.17) is 27.6 Å². The van der Waals surface area contributed by atoms with Gasteiger partial charge in [-0.15, -0.1) is 12.4 Å². The SMILES string of the molecule is CCCNCc1ccc(-c2cc(Cl)cc(Cl)c2)o1.Cl. The molecule has 0 amide bonds. The zero-order chi connectivity index (χ0) is 13.0. The molecule has 0 aliphatic heterocycles. The van der Waals surface area contributed by atoms with Gasteiger partial charge in [0.2, 0.25) is 0 Å². The molecule has 1 aromatic heterocycles. The molecule has 0 spiro atoms. The first-order valence-electron chi connectivity index (χ1n) is 5.95. The molecule has 0 atom stereocenters. The highest BCUT2D eigenvalue weighted by molar-refractivity contribution is 6.35. The van der Waals surface area contributed by atoms with E-state index in [0.717, 1.165) is 36.6 Å². The van der Waals surface area contributed by atoms with E-state index in [1.54, 1.807) is 6.07 Å². The Balaban J connectivity index is 0.00000180. The van der Waals surface area contributed by atoms with Crippen molar-refractivity contribution in [2.75, 3.05) is 6.54 Å². The van der Waals surface area contributed by atoms with Crippen molar-refractivity contribution in [3.63, 3.8) is 0 Å². The molecule has 0 aliphatic rings. The highest BCUT2D eigenvalue weighted by atomic mass is 35.5. The first-order chi connectivity index (χ1) is 8.69. The van der Waals surface area contributed by atoms with Crippen molar-refractivity contribution in [1.29, 1.82) is 0 Å². The van der Waals surface area contributed by atoms with Crippen molar-refractivity contribution in [3.8, 4) is 11.3 Å². The summed E-state index contributed by atoms with van der Waals surface area (Å²) in [4.78, 5) is 0. The Bertz CT molecular complexity index is 505. The van der Waals surface area contributed by atoms with Gasteiger partial charge >= 0.3 is 0 Å². The average Bonchev–Trinajstić information content (AvgIpc) is 2.77. The van der Waals surface area contributed by atoms with Crippen LogP contribution >= 0.6 is 35.6 Å². The van der Waals surface area contributed by atoms with Crippen molar-refractivity contribution in [1.82, 2.24) is 5.32 Å². The Labute approximate surface area is 129 Å². The van der Waals surface area contributed by atoms with Crippen LogP contribution in [-0.4, -0.2) is 6.54 Å². The summed E-state index contributed by atoms with van der Waals surface area (Å²) < 4.78 is 5.75. The number of hydrogen-bond donors (Lipinski definition) is 1. The standard InChI is InChI=1S/C14H15Cl2NO.ClH/c1-2-5-17-9-13-3-4-14(18-13)10-6-11(15)8-12(16)7-10;/h3-4,6-8,17H,2,5,9H2,1H3;1H. The highest BCUT2D eigenvalue weighted by Gasteiger charge is 2.06. The molecule has 19 heavy (non-hydrogen) atoms. The number of halogens is 3. The summed E-state index contributed by atoms with van der Waals surface area (Å²) in [6.07, 6.45) is 1.11. The molecule has 1 heterocycles. The van der Waals surface area contributed by atoms with E-state index in [9.17, 15) is 0 Å². The third-order valence-electron chi connectivity index (χ3n) is 2.53. The van der Waals surface area contributed by atoms with E-state index >= 15 is 0 Å². The normalized spacial score (nSPS) is 10.3. The predicted octanol–water partition coefficient (Wildman–Crippen LogP) is 5.17. The predicted molar refractivity (Wildman–Crippen MR) is 83.4 cm³/mol. The van der Waals surface area contributed by atoms with Gasteiger partial charge in [-0.2, -0.15) is 0 Å². The minimum Gasteiger partial charge on any atom is -0.460 e. The summed E-state index contributed by atoms with van der Waals surface area (Å²) >= 11 is 11.9. The van der Waals surface area contributed by atoms with Crippen LogP contribution < -0.4 is 5.32 Å². The Morgan fingerprint density at radius 3 is 2.42 bits per heavy atom. The van der Waals surface area contributed by atoms with E-state index in [1.807, 2.05) is 24.3 Å². The summed E-state index contributed by atoms with van der Waals surface area (Å²) in [6, 6.07) is 9.29. The van der Waals surface area contributed by atoms with Crippen LogP contribution in [0.1, 0.15) is 19.1 Å². The van der Waals surface area contributed by atoms with E-state index in [0.29, 0.717) is 10.0 Å². The van der Waals surface area contributed by atoms with Crippen molar-refractivity contribution >= 4 is 35.6 Å². The largest absolute Gasteiger partial charge is 0.460 e. The maximum absolute atomic E-state index is 5.97. The summed E-state index contributed by atoms with van der Waals surface area (Å²) in [5, 5.41) is 4.51. The molecule has 2 aromatic rings. The lowest BCUT2D eigenvalue weighted by atomic mass is 10.2. The van der Waals surface area contributed by atoms with Gasteiger partial charge in [-0.3, -0.25) is 0 Å². The van der Waals surface area contributed by atoms with Gasteiger partial charge in [0.25, 0.3) is 0 Å². The topological polar surface area (TPSA) is 25.2 Å². The Hall–Kier alpha value is -0.670. The second-order valence-corrected chi connectivity index (χ2v) is 4.97. The number of nitrogens with one attached hydrogen (secondary N) is 1. The van der Waals surface area contributed by atoms with Gasteiger partial charge in [0.1, 0.15) is 11.5 Å². The zero-order valence-electron chi connectivity index (χ0n) is 10.6. The summed E-state index contributed by atoms with van der Waals surface area (Å²) in [5.74, 6) is 1.70. The van der Waals surface area contributed by atoms with E-state index in [1.165, 1.54) is 0 Å². The minimum absolute atomic E-state index is 0. The maximum Gasteiger partial charge on any atom is 0.134 e. The highest BCUT2D eigenvalue weighted by Crippen LogP contribution is 2.28. The number of hydrogen-bond acceptors (Lipinski definition) is 2. The maximum atomic E-state index is 5.97. The summed E-state index contributed by atoms with van der Waals surface area (Å²) in [5.41, 5.74) is 0.897. The van der Waals surface area contributed by atoms with E-state index in [2.05, 4.69) is 12.2 Å². The Kier molecular flexibility index (Phi) is 6.73. The molecule has 1 N–H and O–H groups in total. The lowest BCUT2D eigenvalue weighted by molar-refractivity contribution is 0.493. The first-order valence-corrected chi connectivity index (χ1v) is 6.70. The minimum atomic E-state index is 0. The van der Waals surface area contributed by atoms with E-state index in [-0.39, 0.29) is 12.4 Å². The molecule has 0 radical (unpaired) electrons. The molecule has 0 saturated heterocycles. The Morgan fingerprint density at radius 1 is 1.11 bits per heavy atom. The van der Waals surface area contributed by atoms with Crippen LogP contribution in [0.3, 0.4) is 0 Å². The van der Waals surface area contributed by atoms with Gasteiger partial charge in [-0.25, -0.2) is 0 Å². The fourth-order valence-corrected chi connectivity index (χ4v) is 2.24. The van der Waals surface area contributed by atoms with Gasteiger partial charge < -0.3 is 9.73 Å². The zero-order valence-corrected chi connectivity index (χ0v) is 12.9. The van der Waals surface area contributed by atoms with E-state index < -0.39 is 0 Å². The molecular formula is C14H16Cl3NO. The molecule has 0 bridgehead atoms. The molecule has 0 saturated carbocycles. The number of benzene rings is 1. The molecule has 0 fully saturated rings. The van der Waals surface area contributed by atoms with Gasteiger partial charge in [0.15, 0.2) is 0 Å². The fourth-order valence-electron chi connectivity index (χ4n) is 1.71. The van der Waals surface area contributed by atoms with Crippen LogP contribution in [0.15, 0.2) is 34.7 Å². The first kappa shape index (κ1) is 16.4. The quantitative estimate of drug-likeness (QED) is 0.768. The molecule has 0 aliphatic carbocycles. The average molecular weight is 321 g/mol. The second-order valence-electron chi connectivity index (χ2n) is 4.10. The summed E-state index contributed by atoms with van der Waals surface area (Å²) in [6.45, 7) is 3.86.